The van der Waals surface area contributed by atoms with E-state index in [1.807, 2.05) is 0 Å². The molecule has 1 amide bonds. The van der Waals surface area contributed by atoms with Crippen LogP contribution in [0, 0.1) is 0 Å². The number of anilines is 1. The summed E-state index contributed by atoms with van der Waals surface area (Å²) in [5, 5.41) is 5.16. The van der Waals surface area contributed by atoms with Crippen molar-refractivity contribution in [3.63, 3.8) is 0 Å². The molecule has 0 aliphatic rings. The predicted octanol–water partition coefficient (Wildman–Crippen LogP) is 0.534. The number of carbonyl (C=O) groups excluding carboxylic acids is 2. The van der Waals surface area contributed by atoms with Gasteiger partial charge >= 0.3 is 5.97 Å². The molecule has 0 spiro atoms. The molecule has 0 aliphatic heterocycles. The summed E-state index contributed by atoms with van der Waals surface area (Å²) in [5.74, 6) is -0.764. The van der Waals surface area contributed by atoms with Crippen molar-refractivity contribution in [1.29, 1.82) is 0 Å². The molecule has 0 aliphatic carbocycles. The Morgan fingerprint density at radius 3 is 2.94 bits per heavy atom. The summed E-state index contributed by atoms with van der Waals surface area (Å²) in [6.45, 7) is 3.75. The molecule has 0 bridgehead atoms. The smallest absolute Gasteiger partial charge is 0.311 e. The van der Waals surface area contributed by atoms with Crippen LogP contribution in [0.25, 0.3) is 0 Å². The van der Waals surface area contributed by atoms with Gasteiger partial charge in [-0.1, -0.05) is 0 Å². The number of aromatic nitrogens is 1. The molecule has 1 unspecified atom stereocenters. The zero-order chi connectivity index (χ0) is 12.8. The molecule has 17 heavy (non-hydrogen) atoms. The van der Waals surface area contributed by atoms with Crippen molar-refractivity contribution in [2.24, 2.45) is 5.73 Å². The van der Waals surface area contributed by atoms with Crippen LogP contribution < -0.4 is 11.1 Å². The summed E-state index contributed by atoms with van der Waals surface area (Å²) < 4.78 is 4.81. The van der Waals surface area contributed by atoms with Gasteiger partial charge in [-0.2, -0.15) is 0 Å². The van der Waals surface area contributed by atoms with Crippen LogP contribution in [0.4, 0.5) is 5.13 Å². The summed E-state index contributed by atoms with van der Waals surface area (Å²) in [5.41, 5.74) is 5.73. The Labute approximate surface area is 103 Å². The highest BCUT2D eigenvalue weighted by Crippen LogP contribution is 2.16. The third kappa shape index (κ3) is 4.39. The average molecular weight is 257 g/mol. The van der Waals surface area contributed by atoms with Gasteiger partial charge in [0, 0.05) is 5.38 Å². The number of rotatable bonds is 6. The number of hydrogen-bond acceptors (Lipinski definition) is 6. The predicted molar refractivity (Wildman–Crippen MR) is 64.7 cm³/mol. The average Bonchev–Trinajstić information content (AvgIpc) is 2.65. The Kier molecular flexibility index (Phi) is 4.89. The van der Waals surface area contributed by atoms with Crippen LogP contribution in [0.3, 0.4) is 0 Å². The molecule has 1 heterocycles. The molecule has 1 aromatic rings. The highest BCUT2D eigenvalue weighted by molar-refractivity contribution is 7.13. The Bertz CT molecular complexity index is 405. The van der Waals surface area contributed by atoms with Crippen molar-refractivity contribution < 1.29 is 14.3 Å². The Balaban J connectivity index is 2.53. The van der Waals surface area contributed by atoms with Crippen LogP contribution in [0.5, 0.6) is 0 Å². The van der Waals surface area contributed by atoms with Crippen molar-refractivity contribution in [2.45, 2.75) is 26.3 Å². The first-order valence-electron chi connectivity index (χ1n) is 5.18. The second-order valence-corrected chi connectivity index (χ2v) is 4.25. The van der Waals surface area contributed by atoms with Crippen molar-refractivity contribution >= 4 is 28.3 Å². The summed E-state index contributed by atoms with van der Waals surface area (Å²) in [6, 6.07) is -0.489. The zero-order valence-electron chi connectivity index (χ0n) is 9.73. The topological polar surface area (TPSA) is 94.3 Å². The first-order valence-corrected chi connectivity index (χ1v) is 6.06. The fourth-order valence-corrected chi connectivity index (χ4v) is 1.87. The minimum atomic E-state index is -0.489. The number of primary amides is 1. The van der Waals surface area contributed by atoms with Crippen LogP contribution in [0.1, 0.15) is 19.5 Å². The number of nitrogens with zero attached hydrogens (tertiary/aromatic N) is 1. The van der Waals surface area contributed by atoms with Gasteiger partial charge in [0.1, 0.15) is 6.04 Å². The molecule has 3 N–H and O–H groups in total. The number of esters is 1. The molecule has 0 saturated heterocycles. The second-order valence-electron chi connectivity index (χ2n) is 3.39. The Morgan fingerprint density at radius 2 is 2.35 bits per heavy atom. The van der Waals surface area contributed by atoms with E-state index in [-0.39, 0.29) is 12.4 Å². The normalized spacial score (nSPS) is 11.9. The van der Waals surface area contributed by atoms with E-state index in [0.29, 0.717) is 17.4 Å². The molecule has 1 aromatic heterocycles. The monoisotopic (exact) mass is 257 g/mol. The highest BCUT2D eigenvalue weighted by atomic mass is 32.1. The van der Waals surface area contributed by atoms with Crippen LogP contribution >= 0.6 is 11.3 Å². The Hall–Kier alpha value is -1.63. The van der Waals surface area contributed by atoms with Gasteiger partial charge in [0.15, 0.2) is 5.13 Å². The summed E-state index contributed by atoms with van der Waals surface area (Å²) in [6.07, 6.45) is 0.136. The quantitative estimate of drug-likeness (QED) is 0.725. The van der Waals surface area contributed by atoms with Crippen LogP contribution in [-0.4, -0.2) is 29.5 Å². The Morgan fingerprint density at radius 1 is 1.65 bits per heavy atom. The molecule has 7 heteroatoms. The lowest BCUT2D eigenvalue weighted by molar-refractivity contribution is -0.142. The number of amides is 1. The van der Waals surface area contributed by atoms with Crippen molar-refractivity contribution in [3.8, 4) is 0 Å². The van der Waals surface area contributed by atoms with E-state index < -0.39 is 11.9 Å². The van der Waals surface area contributed by atoms with Crippen LogP contribution in [0.15, 0.2) is 5.38 Å². The van der Waals surface area contributed by atoms with E-state index in [0.717, 1.165) is 0 Å². The summed E-state index contributed by atoms with van der Waals surface area (Å²) >= 11 is 1.32. The number of nitrogens with one attached hydrogen (secondary N) is 1. The second kappa shape index (κ2) is 6.19. The van der Waals surface area contributed by atoms with E-state index in [1.54, 1.807) is 19.2 Å². The standard InChI is InChI=1S/C10H15N3O3S/c1-3-16-8(14)4-7-5-17-10(13-7)12-6(2)9(11)15/h5-6H,3-4H2,1-2H3,(H2,11,15)(H,12,13). The van der Waals surface area contributed by atoms with Gasteiger partial charge in [-0.25, -0.2) is 4.98 Å². The number of nitrogens with two attached hydrogens (primary N) is 1. The number of thiazole rings is 1. The number of carbonyl (C=O) groups is 2. The number of hydrogen-bond donors (Lipinski definition) is 2. The molecule has 94 valence electrons. The highest BCUT2D eigenvalue weighted by Gasteiger charge is 2.12. The maximum absolute atomic E-state index is 11.2. The molecule has 0 aromatic carbocycles. The SMILES string of the molecule is CCOC(=O)Cc1csc(NC(C)C(N)=O)n1. The maximum atomic E-state index is 11.2. The lowest BCUT2D eigenvalue weighted by Gasteiger charge is -2.07. The molecule has 0 fully saturated rings. The molecular formula is C10H15N3O3S. The third-order valence-corrected chi connectivity index (χ3v) is 2.77. The third-order valence-electron chi connectivity index (χ3n) is 1.95. The maximum Gasteiger partial charge on any atom is 0.311 e. The lowest BCUT2D eigenvalue weighted by atomic mass is 10.3. The molecule has 1 rings (SSSR count). The van der Waals surface area contributed by atoms with E-state index in [9.17, 15) is 9.59 Å². The summed E-state index contributed by atoms with van der Waals surface area (Å²) in [4.78, 5) is 26.2. The van der Waals surface area contributed by atoms with Crippen molar-refractivity contribution in [1.82, 2.24) is 4.98 Å². The fraction of sp³-hybridized carbons (Fsp3) is 0.500. The minimum absolute atomic E-state index is 0.136. The fourth-order valence-electron chi connectivity index (χ4n) is 1.07. The van der Waals surface area contributed by atoms with E-state index >= 15 is 0 Å². The van der Waals surface area contributed by atoms with Gasteiger partial charge in [-0.3, -0.25) is 9.59 Å². The molecular weight excluding hydrogens is 242 g/mol. The molecule has 6 nitrogen and oxygen atoms in total. The minimum Gasteiger partial charge on any atom is -0.466 e. The van der Waals surface area contributed by atoms with Gasteiger partial charge < -0.3 is 15.8 Å². The van der Waals surface area contributed by atoms with Crippen LogP contribution in [0.2, 0.25) is 0 Å². The van der Waals surface area contributed by atoms with Gasteiger partial charge in [0.25, 0.3) is 0 Å². The van der Waals surface area contributed by atoms with Gasteiger partial charge in [0.2, 0.25) is 5.91 Å². The van der Waals surface area contributed by atoms with E-state index in [1.165, 1.54) is 11.3 Å². The van der Waals surface area contributed by atoms with Gasteiger partial charge in [-0.15, -0.1) is 11.3 Å². The molecule has 1 atom stereocenters. The van der Waals surface area contributed by atoms with Crippen LogP contribution in [-0.2, 0) is 20.7 Å². The van der Waals surface area contributed by atoms with Crippen molar-refractivity contribution in [3.05, 3.63) is 11.1 Å². The largest absolute Gasteiger partial charge is 0.466 e. The van der Waals surface area contributed by atoms with E-state index in [4.69, 9.17) is 10.5 Å². The van der Waals surface area contributed by atoms with E-state index in [2.05, 4.69) is 10.3 Å². The van der Waals surface area contributed by atoms with Gasteiger partial charge in [0.05, 0.1) is 18.7 Å². The first-order chi connectivity index (χ1) is 8.02. The lowest BCUT2D eigenvalue weighted by Crippen LogP contribution is -2.32. The van der Waals surface area contributed by atoms with Gasteiger partial charge in [-0.05, 0) is 13.8 Å². The summed E-state index contributed by atoms with van der Waals surface area (Å²) in [7, 11) is 0. The molecule has 0 radical (unpaired) electrons. The first kappa shape index (κ1) is 13.4. The molecule has 0 saturated carbocycles. The number of ether oxygens (including phenoxy) is 1. The zero-order valence-corrected chi connectivity index (χ0v) is 10.5. The van der Waals surface area contributed by atoms with Crippen molar-refractivity contribution in [2.75, 3.05) is 11.9 Å².